The highest BCUT2D eigenvalue weighted by atomic mass is 32.2. The van der Waals surface area contributed by atoms with Crippen molar-refractivity contribution in [3.8, 4) is 0 Å². The van der Waals surface area contributed by atoms with Gasteiger partial charge in [-0.2, -0.15) is 11.8 Å². The molecule has 0 saturated carbocycles. The molecule has 0 radical (unpaired) electrons. The molecule has 0 bridgehead atoms. The fraction of sp³-hybridized carbons (Fsp3) is 0.556. The first kappa shape index (κ1) is 30.5. The minimum absolute atomic E-state index is 0.224. The van der Waals surface area contributed by atoms with Gasteiger partial charge in [0.05, 0.1) is 6.04 Å². The van der Waals surface area contributed by atoms with Crippen LogP contribution in [-0.2, 0) is 25.6 Å². The normalized spacial score (nSPS) is 17.3. The number of benzene rings is 1. The van der Waals surface area contributed by atoms with Crippen molar-refractivity contribution >= 4 is 46.4 Å². The highest BCUT2D eigenvalue weighted by Gasteiger charge is 2.31. The van der Waals surface area contributed by atoms with Gasteiger partial charge in [-0.15, -0.1) is 0 Å². The van der Waals surface area contributed by atoms with E-state index < -0.39 is 35.9 Å². The van der Waals surface area contributed by atoms with Gasteiger partial charge in [-0.05, 0) is 75.3 Å². The number of hydrogen-bond donors (Lipinski definition) is 7. The number of hydrogen-bond acceptors (Lipinski definition) is 7. The van der Waals surface area contributed by atoms with Crippen LogP contribution in [-0.4, -0.2) is 83.0 Å². The Bertz CT molecular complexity index is 1120. The van der Waals surface area contributed by atoms with E-state index in [1.54, 1.807) is 0 Å². The molecule has 1 aromatic heterocycles. The number of rotatable bonds is 16. The molecule has 8 N–H and O–H groups in total. The van der Waals surface area contributed by atoms with E-state index in [2.05, 4.69) is 26.3 Å². The third-order valence-corrected chi connectivity index (χ3v) is 7.56. The van der Waals surface area contributed by atoms with E-state index in [1.165, 1.54) is 11.8 Å². The largest absolute Gasteiger partial charge is 0.480 e. The van der Waals surface area contributed by atoms with E-state index >= 15 is 0 Å². The number of thioether (sulfide) groups is 1. The Morgan fingerprint density at radius 3 is 2.49 bits per heavy atom. The molecule has 2 aromatic rings. The highest BCUT2D eigenvalue weighted by molar-refractivity contribution is 7.98. The summed E-state index contributed by atoms with van der Waals surface area (Å²) in [6.45, 7) is 1.18. The number of aromatic nitrogens is 1. The van der Waals surface area contributed by atoms with Crippen LogP contribution in [0.3, 0.4) is 0 Å². The molecule has 1 aliphatic heterocycles. The molecule has 39 heavy (non-hydrogen) atoms. The Balaban J connectivity index is 1.77. The van der Waals surface area contributed by atoms with Gasteiger partial charge in [-0.3, -0.25) is 14.4 Å². The first-order valence-electron chi connectivity index (χ1n) is 13.4. The molecule has 1 aromatic carbocycles. The number of aromatic amines is 1. The summed E-state index contributed by atoms with van der Waals surface area (Å²) < 4.78 is 0. The van der Waals surface area contributed by atoms with Gasteiger partial charge in [-0.1, -0.05) is 18.2 Å². The zero-order valence-electron chi connectivity index (χ0n) is 22.3. The van der Waals surface area contributed by atoms with Gasteiger partial charge in [0.25, 0.3) is 0 Å². The predicted molar refractivity (Wildman–Crippen MR) is 152 cm³/mol. The van der Waals surface area contributed by atoms with Crippen molar-refractivity contribution in [2.24, 2.45) is 5.73 Å². The lowest BCUT2D eigenvalue weighted by atomic mass is 10.0. The lowest BCUT2D eigenvalue weighted by molar-refractivity contribution is -0.142. The zero-order valence-corrected chi connectivity index (χ0v) is 23.1. The van der Waals surface area contributed by atoms with Gasteiger partial charge in [0.1, 0.15) is 18.1 Å². The fourth-order valence-corrected chi connectivity index (χ4v) is 5.18. The van der Waals surface area contributed by atoms with Crippen LogP contribution in [0.25, 0.3) is 10.9 Å². The van der Waals surface area contributed by atoms with Crippen LogP contribution in [0.15, 0.2) is 30.5 Å². The van der Waals surface area contributed by atoms with Crippen molar-refractivity contribution in [2.45, 2.75) is 69.1 Å². The monoisotopic (exact) mass is 560 g/mol. The minimum Gasteiger partial charge on any atom is -0.480 e. The predicted octanol–water partition coefficient (Wildman–Crippen LogP) is 0.884. The fourth-order valence-electron chi connectivity index (χ4n) is 4.71. The molecular weight excluding hydrogens is 520 g/mol. The third kappa shape index (κ3) is 8.97. The third-order valence-electron chi connectivity index (χ3n) is 6.91. The van der Waals surface area contributed by atoms with Crippen molar-refractivity contribution in [2.75, 3.05) is 25.1 Å². The number of carboxylic acid groups (broad SMARTS) is 1. The number of amides is 3. The number of nitrogens with two attached hydrogens (primary N) is 1. The molecule has 0 spiro atoms. The molecule has 12 heteroatoms. The molecule has 3 amide bonds. The van der Waals surface area contributed by atoms with E-state index in [-0.39, 0.29) is 24.8 Å². The molecule has 1 aliphatic rings. The molecule has 214 valence electrons. The topological polar surface area (TPSA) is 178 Å². The smallest absolute Gasteiger partial charge is 0.326 e. The maximum Gasteiger partial charge on any atom is 0.326 e. The Hall–Kier alpha value is -3.09. The van der Waals surface area contributed by atoms with Crippen LogP contribution in [0.1, 0.15) is 44.1 Å². The van der Waals surface area contributed by atoms with Gasteiger partial charge >= 0.3 is 5.97 Å². The number of H-pyrrole nitrogens is 1. The SMILES string of the molecule is CSCCC(NC(=O)C(Cc1c[nH]c2ccccc12)NC(=O)C1CCCN1)C(=O)NC(CCCCN)C(=O)O. The van der Waals surface area contributed by atoms with Crippen LogP contribution in [0.5, 0.6) is 0 Å². The number of nitrogens with one attached hydrogen (secondary N) is 5. The zero-order chi connectivity index (χ0) is 28.2. The molecular formula is C27H40N6O5S. The molecule has 3 rings (SSSR count). The van der Waals surface area contributed by atoms with Crippen LogP contribution in [0, 0.1) is 0 Å². The van der Waals surface area contributed by atoms with E-state index in [0.29, 0.717) is 38.0 Å². The molecule has 0 aliphatic carbocycles. The number of unbranched alkanes of at least 4 members (excludes halogenated alkanes) is 1. The molecule has 4 unspecified atom stereocenters. The Morgan fingerprint density at radius 2 is 1.79 bits per heavy atom. The quantitative estimate of drug-likeness (QED) is 0.148. The highest BCUT2D eigenvalue weighted by Crippen LogP contribution is 2.19. The first-order valence-corrected chi connectivity index (χ1v) is 14.8. The summed E-state index contributed by atoms with van der Waals surface area (Å²) in [5, 5.41) is 21.9. The van der Waals surface area contributed by atoms with E-state index in [0.717, 1.165) is 29.4 Å². The second-order valence-electron chi connectivity index (χ2n) is 9.80. The molecule has 1 fully saturated rings. The van der Waals surface area contributed by atoms with Gasteiger partial charge in [0.15, 0.2) is 0 Å². The van der Waals surface area contributed by atoms with Gasteiger partial charge in [0.2, 0.25) is 17.7 Å². The average Bonchev–Trinajstić information content (AvgIpc) is 3.61. The van der Waals surface area contributed by atoms with Crippen LogP contribution in [0.4, 0.5) is 0 Å². The molecule has 4 atom stereocenters. The first-order chi connectivity index (χ1) is 18.8. The average molecular weight is 561 g/mol. The minimum atomic E-state index is -1.14. The Morgan fingerprint density at radius 1 is 1.05 bits per heavy atom. The lowest BCUT2D eigenvalue weighted by Crippen LogP contribution is -2.57. The van der Waals surface area contributed by atoms with Crippen molar-refractivity contribution in [3.63, 3.8) is 0 Å². The molecule has 2 heterocycles. The lowest BCUT2D eigenvalue weighted by Gasteiger charge is -2.25. The molecule has 1 saturated heterocycles. The second-order valence-corrected chi connectivity index (χ2v) is 10.8. The Labute approximate surface area is 232 Å². The van der Waals surface area contributed by atoms with Crippen molar-refractivity contribution in [1.29, 1.82) is 0 Å². The van der Waals surface area contributed by atoms with Crippen LogP contribution < -0.4 is 27.0 Å². The van der Waals surface area contributed by atoms with Gasteiger partial charge < -0.3 is 37.1 Å². The summed E-state index contributed by atoms with van der Waals surface area (Å²) >= 11 is 1.51. The second kappa shape index (κ2) is 15.5. The number of fused-ring (bicyclic) bond motifs is 1. The number of para-hydroxylation sites is 1. The van der Waals surface area contributed by atoms with E-state index in [1.807, 2.05) is 36.7 Å². The number of aliphatic carboxylic acids is 1. The van der Waals surface area contributed by atoms with Crippen molar-refractivity contribution in [1.82, 2.24) is 26.3 Å². The summed E-state index contributed by atoms with van der Waals surface area (Å²) in [6, 6.07) is 4.38. The summed E-state index contributed by atoms with van der Waals surface area (Å²) in [6.07, 6.45) is 7.26. The van der Waals surface area contributed by atoms with Crippen molar-refractivity contribution in [3.05, 3.63) is 36.0 Å². The Kier molecular flexibility index (Phi) is 12.1. The molecule has 11 nitrogen and oxygen atoms in total. The van der Waals surface area contributed by atoms with Crippen LogP contribution in [0.2, 0.25) is 0 Å². The van der Waals surface area contributed by atoms with Gasteiger partial charge in [0, 0.05) is 23.5 Å². The number of carbonyl (C=O) groups is 4. The van der Waals surface area contributed by atoms with Crippen LogP contribution >= 0.6 is 11.8 Å². The summed E-state index contributed by atoms with van der Waals surface area (Å²) in [5.74, 6) is -1.88. The van der Waals surface area contributed by atoms with E-state index in [4.69, 9.17) is 5.73 Å². The summed E-state index contributed by atoms with van der Waals surface area (Å²) in [4.78, 5) is 54.6. The number of carbonyl (C=O) groups excluding carboxylic acids is 3. The maximum atomic E-state index is 13.6. The standard InChI is InChI=1S/C27H40N6O5S/c1-39-14-11-21(25(35)32-22(27(37)38)9-4-5-12-28)31-26(36)23(33-24(34)20-10-6-13-29-20)15-17-16-30-19-8-3-2-7-18(17)19/h2-3,7-8,16,20-23,29-30H,4-6,9-15,28H2,1H3,(H,31,36)(H,32,35)(H,33,34)(H,37,38). The van der Waals surface area contributed by atoms with Gasteiger partial charge in [-0.25, -0.2) is 4.79 Å². The maximum absolute atomic E-state index is 13.6. The van der Waals surface area contributed by atoms with Crippen molar-refractivity contribution < 1.29 is 24.3 Å². The summed E-state index contributed by atoms with van der Waals surface area (Å²) in [5.41, 5.74) is 7.29. The summed E-state index contributed by atoms with van der Waals surface area (Å²) in [7, 11) is 0. The van der Waals surface area contributed by atoms with E-state index in [9.17, 15) is 24.3 Å². The number of carboxylic acids is 1.